The normalized spacial score (nSPS) is 25.9. The van der Waals surface area contributed by atoms with Crippen molar-refractivity contribution in [3.05, 3.63) is 0 Å². The molecular formula is C71H127N3O25S. The predicted octanol–water partition coefficient (Wildman–Crippen LogP) is 4.84. The zero-order valence-electron chi connectivity index (χ0n) is 60.0. The molecule has 0 radical (unpaired) electrons. The van der Waals surface area contributed by atoms with Gasteiger partial charge in [0.05, 0.1) is 77.8 Å². The molecule has 0 aromatic carbocycles. The van der Waals surface area contributed by atoms with Crippen LogP contribution in [0.2, 0.25) is 0 Å². The molecule has 0 saturated carbocycles. The Kier molecular flexibility index (Phi) is 48.8. The second-order valence-electron chi connectivity index (χ2n) is 27.4. The van der Waals surface area contributed by atoms with Crippen LogP contribution in [0.15, 0.2) is 0 Å². The van der Waals surface area contributed by atoms with Crippen LogP contribution in [0.1, 0.15) is 226 Å². The lowest BCUT2D eigenvalue weighted by atomic mass is 9.71. The molecule has 3 amide bonds. The van der Waals surface area contributed by atoms with Crippen molar-refractivity contribution in [2.24, 2.45) is 23.2 Å². The zero-order valence-corrected chi connectivity index (χ0v) is 60.9. The third-order valence-electron chi connectivity index (χ3n) is 19.0. The minimum atomic E-state index is -1.21. The van der Waals surface area contributed by atoms with Gasteiger partial charge in [-0.2, -0.15) is 12.6 Å². The number of amides is 3. The van der Waals surface area contributed by atoms with E-state index in [2.05, 4.69) is 28.6 Å². The molecule has 3 fully saturated rings. The van der Waals surface area contributed by atoms with Crippen LogP contribution in [-0.4, -0.2) is 246 Å². The summed E-state index contributed by atoms with van der Waals surface area (Å²) in [5.74, 6) is -1.86. The van der Waals surface area contributed by atoms with Gasteiger partial charge in [-0.3, -0.25) is 28.8 Å². The van der Waals surface area contributed by atoms with Crippen molar-refractivity contribution in [1.29, 1.82) is 0 Å². The number of hydrogen-bond donors (Lipinski definition) is 13. The molecule has 582 valence electrons. The highest BCUT2D eigenvalue weighted by Gasteiger charge is 2.45. The van der Waals surface area contributed by atoms with E-state index in [-0.39, 0.29) is 113 Å². The largest absolute Gasteiger partial charge is 0.466 e. The zero-order chi connectivity index (χ0) is 73.5. The number of carbonyl (C=O) groups is 7. The molecule has 0 aromatic rings. The van der Waals surface area contributed by atoms with E-state index in [1.807, 2.05) is 0 Å². The summed E-state index contributed by atoms with van der Waals surface area (Å²) >= 11 is 4.32. The van der Waals surface area contributed by atoms with Crippen LogP contribution >= 0.6 is 12.6 Å². The van der Waals surface area contributed by atoms with Gasteiger partial charge in [0.15, 0.2) is 18.9 Å². The Morgan fingerprint density at radius 1 is 0.370 bits per heavy atom. The number of thiol groups is 1. The highest BCUT2D eigenvalue weighted by atomic mass is 32.1. The molecule has 3 aliphatic heterocycles. The minimum absolute atomic E-state index is 0.0287. The highest BCUT2D eigenvalue weighted by molar-refractivity contribution is 7.80. The lowest BCUT2D eigenvalue weighted by molar-refractivity contribution is -0.282. The van der Waals surface area contributed by atoms with Crippen molar-refractivity contribution in [2.75, 3.05) is 84.8 Å². The van der Waals surface area contributed by atoms with Crippen molar-refractivity contribution in [3.8, 4) is 0 Å². The van der Waals surface area contributed by atoms with Crippen LogP contribution in [0.5, 0.6) is 0 Å². The molecule has 12 N–H and O–H groups in total. The topological polar surface area (TPSA) is 421 Å². The smallest absolute Gasteiger partial charge is 0.407 e. The van der Waals surface area contributed by atoms with Crippen molar-refractivity contribution in [1.82, 2.24) is 16.0 Å². The maximum atomic E-state index is 13.4. The third-order valence-corrected chi connectivity index (χ3v) is 19.3. The summed E-state index contributed by atoms with van der Waals surface area (Å²) in [5.41, 5.74) is -0.567. The minimum Gasteiger partial charge on any atom is -0.466 e. The number of unbranched alkanes of at least 4 members (excludes halogenated alkanes) is 12. The third kappa shape index (κ3) is 37.3. The van der Waals surface area contributed by atoms with E-state index in [0.29, 0.717) is 109 Å². The van der Waals surface area contributed by atoms with E-state index in [9.17, 15) is 79.5 Å². The monoisotopic (exact) mass is 1450 g/mol. The van der Waals surface area contributed by atoms with Gasteiger partial charge >= 0.3 is 18.0 Å². The highest BCUT2D eigenvalue weighted by Crippen LogP contribution is 2.40. The Morgan fingerprint density at radius 3 is 1.08 bits per heavy atom. The quantitative estimate of drug-likeness (QED) is 0.0168. The van der Waals surface area contributed by atoms with Gasteiger partial charge in [-0.15, -0.1) is 0 Å². The van der Waals surface area contributed by atoms with Crippen molar-refractivity contribution in [3.63, 3.8) is 0 Å². The molecule has 29 heteroatoms. The standard InChI is InChI=1S/C71H127N3O25S/c1-49-61(84)64(87)54(46-75)97-67(49)93-38-19-26-52(78)25-13-7-4-12-18-37-74-70(90)96-43-24-34-71(45-53(79)31-44-100,32-22-41-91-59(82)29-14-8-5-10-16-35-72-57(80)27-20-39-94-68-50(2)62(85)65(88)55(47-76)98-68)33-23-42-92-60(83)30-15-9-6-11-17-36-73-58(81)28-21-40-95-69-51(3)63(86)66(89)56(48-77)99-69/h49-51,54-56,61-69,75-77,84-89,100H,4-48H2,1-3H3,(H,72,80)(H,73,81)(H,74,90). The summed E-state index contributed by atoms with van der Waals surface area (Å²) in [4.78, 5) is 89.2. The fraction of sp³-hybridized carbons (Fsp3) is 0.901. The number of ether oxygens (including phenoxy) is 9. The van der Waals surface area contributed by atoms with Gasteiger partial charge < -0.3 is 105 Å². The molecule has 0 bridgehead atoms. The summed E-state index contributed by atoms with van der Waals surface area (Å²) in [7, 11) is 0. The molecule has 3 aliphatic rings. The number of aliphatic hydroxyl groups is 9. The van der Waals surface area contributed by atoms with Crippen LogP contribution in [0.3, 0.4) is 0 Å². The molecule has 15 atom stereocenters. The molecule has 3 saturated heterocycles. The summed E-state index contributed by atoms with van der Waals surface area (Å²) < 4.78 is 50.7. The summed E-state index contributed by atoms with van der Waals surface area (Å²) in [6.07, 6.45) is 5.89. The first-order chi connectivity index (χ1) is 48.1. The number of carbonyl (C=O) groups excluding carboxylic acids is 7. The maximum Gasteiger partial charge on any atom is 0.407 e. The number of nitrogens with one attached hydrogen (secondary N) is 3. The van der Waals surface area contributed by atoms with Crippen LogP contribution in [0.4, 0.5) is 4.79 Å². The SMILES string of the molecule is CC1C(OCCCC(=O)CCCCCCCNC(=O)OCCCC(CCCOC(=O)CCCCCCCNC(=O)CCCOC2OC(CO)C(O)C(O)C2C)(CCCOC(=O)CCCCCCCNC(=O)CCCOC2OC(CO)C(O)C(O)C2C)CC(=O)CCS)OC(CO)C(O)C1O. The van der Waals surface area contributed by atoms with Crippen molar-refractivity contribution in [2.45, 2.75) is 300 Å². The molecule has 0 aliphatic carbocycles. The lowest BCUT2D eigenvalue weighted by Crippen LogP contribution is -2.55. The number of aliphatic hydroxyl groups excluding tert-OH is 9. The van der Waals surface area contributed by atoms with E-state index in [4.69, 9.17) is 42.6 Å². The molecule has 3 heterocycles. The van der Waals surface area contributed by atoms with Crippen LogP contribution in [0.25, 0.3) is 0 Å². The Hall–Kier alpha value is -3.76. The van der Waals surface area contributed by atoms with Gasteiger partial charge in [0.2, 0.25) is 11.8 Å². The first kappa shape index (κ1) is 90.5. The van der Waals surface area contributed by atoms with Gasteiger partial charge in [0, 0.05) is 88.8 Å². The molecule has 15 unspecified atom stereocenters. The molecule has 0 spiro atoms. The van der Waals surface area contributed by atoms with Gasteiger partial charge in [-0.25, -0.2) is 4.79 Å². The average molecular weight is 1450 g/mol. The second-order valence-corrected chi connectivity index (χ2v) is 27.9. The van der Waals surface area contributed by atoms with Gasteiger partial charge in [-0.1, -0.05) is 78.6 Å². The fourth-order valence-corrected chi connectivity index (χ4v) is 12.9. The first-order valence-corrected chi connectivity index (χ1v) is 37.9. The van der Waals surface area contributed by atoms with E-state index >= 15 is 0 Å². The van der Waals surface area contributed by atoms with Gasteiger partial charge in [0.1, 0.15) is 48.2 Å². The number of ketones is 2. The molecule has 0 aromatic heterocycles. The fourth-order valence-electron chi connectivity index (χ4n) is 12.7. The average Bonchev–Trinajstić information content (AvgIpc) is 0.850. The van der Waals surface area contributed by atoms with Crippen molar-refractivity contribution >= 4 is 54.0 Å². The number of alkyl carbamates (subject to hydrolysis) is 1. The number of hydrogen-bond acceptors (Lipinski definition) is 26. The Bertz CT molecular complexity index is 2020. The van der Waals surface area contributed by atoms with Crippen molar-refractivity contribution < 1.29 is 122 Å². The van der Waals surface area contributed by atoms with Gasteiger partial charge in [0.25, 0.3) is 0 Å². The molecule has 3 rings (SSSR count). The number of esters is 2. The van der Waals surface area contributed by atoms with E-state index < -0.39 is 123 Å². The van der Waals surface area contributed by atoms with E-state index in [1.54, 1.807) is 20.8 Å². The van der Waals surface area contributed by atoms with E-state index in [0.717, 1.165) is 83.5 Å². The predicted molar refractivity (Wildman–Crippen MR) is 370 cm³/mol. The van der Waals surface area contributed by atoms with Crippen LogP contribution in [0, 0.1) is 23.2 Å². The molecule has 100 heavy (non-hydrogen) atoms. The van der Waals surface area contributed by atoms with Crippen LogP contribution < -0.4 is 16.0 Å². The number of rotatable bonds is 58. The first-order valence-electron chi connectivity index (χ1n) is 37.2. The Labute approximate surface area is 597 Å². The Morgan fingerprint density at radius 2 is 0.700 bits per heavy atom. The van der Waals surface area contributed by atoms with Gasteiger partial charge in [-0.05, 0) is 107 Å². The summed E-state index contributed by atoms with van der Waals surface area (Å²) in [6, 6.07) is 0. The van der Waals surface area contributed by atoms with E-state index in [1.165, 1.54) is 0 Å². The lowest BCUT2D eigenvalue weighted by Gasteiger charge is -2.40. The summed E-state index contributed by atoms with van der Waals surface area (Å²) in [6.45, 7) is 6.19. The maximum absolute atomic E-state index is 13.4. The van der Waals surface area contributed by atoms with Crippen LogP contribution in [-0.2, 0) is 71.4 Å². The number of Topliss-reactive ketones (excluding diaryl/α,β-unsaturated/α-hetero) is 2. The second kappa shape index (κ2) is 53.9. The molecule has 28 nitrogen and oxygen atoms in total. The summed E-state index contributed by atoms with van der Waals surface area (Å²) in [5, 5.41) is 97.7. The Balaban J connectivity index is 1.36. The molecular weight excluding hydrogens is 1330 g/mol.